The second-order valence-corrected chi connectivity index (χ2v) is 5.93. The number of hydrogen-bond acceptors (Lipinski definition) is 7. The summed E-state index contributed by atoms with van der Waals surface area (Å²) in [7, 11) is 0. The zero-order valence-corrected chi connectivity index (χ0v) is 15.0. The molecule has 27 heavy (non-hydrogen) atoms. The first-order chi connectivity index (χ1) is 13.2. The van der Waals surface area contributed by atoms with Crippen LogP contribution in [0.1, 0.15) is 12.5 Å². The van der Waals surface area contributed by atoms with Crippen molar-refractivity contribution in [2.75, 3.05) is 17.2 Å². The lowest BCUT2D eigenvalue weighted by Gasteiger charge is -2.11. The molecule has 0 atom stereocenters. The summed E-state index contributed by atoms with van der Waals surface area (Å²) >= 11 is 0. The molecule has 8 heteroatoms. The van der Waals surface area contributed by atoms with Crippen molar-refractivity contribution in [1.29, 1.82) is 0 Å². The summed E-state index contributed by atoms with van der Waals surface area (Å²) in [6.45, 7) is 4.41. The molecule has 0 spiro atoms. The molecule has 8 nitrogen and oxygen atoms in total. The van der Waals surface area contributed by atoms with Crippen molar-refractivity contribution >= 4 is 28.9 Å². The molecular formula is C19H19N7O. The summed E-state index contributed by atoms with van der Waals surface area (Å²) in [6.07, 6.45) is 7.37. The average Bonchev–Trinajstić information content (AvgIpc) is 3.12. The van der Waals surface area contributed by atoms with E-state index in [4.69, 9.17) is 4.74 Å². The Balaban J connectivity index is 1.62. The van der Waals surface area contributed by atoms with E-state index in [1.807, 2.05) is 54.9 Å². The summed E-state index contributed by atoms with van der Waals surface area (Å²) in [5.74, 6) is 2.16. The Kier molecular flexibility index (Phi) is 4.52. The first-order valence-electron chi connectivity index (χ1n) is 8.61. The minimum Gasteiger partial charge on any atom is -0.478 e. The number of nitrogens with zero attached hydrogens (tertiary/aromatic N) is 5. The molecule has 2 N–H and O–H groups in total. The molecule has 0 saturated heterocycles. The van der Waals surface area contributed by atoms with Gasteiger partial charge < -0.3 is 19.8 Å². The van der Waals surface area contributed by atoms with E-state index in [9.17, 15) is 0 Å². The fourth-order valence-corrected chi connectivity index (χ4v) is 2.56. The van der Waals surface area contributed by atoms with E-state index < -0.39 is 0 Å². The molecule has 0 aliphatic carbocycles. The number of aryl methyl sites for hydroxylation is 1. The van der Waals surface area contributed by atoms with Crippen molar-refractivity contribution in [1.82, 2.24) is 24.3 Å². The van der Waals surface area contributed by atoms with Gasteiger partial charge in [-0.3, -0.25) is 0 Å². The van der Waals surface area contributed by atoms with Gasteiger partial charge >= 0.3 is 0 Å². The van der Waals surface area contributed by atoms with E-state index in [1.54, 1.807) is 18.5 Å². The molecule has 0 bridgehead atoms. The van der Waals surface area contributed by atoms with Gasteiger partial charge in [0, 0.05) is 42.6 Å². The highest BCUT2D eigenvalue weighted by molar-refractivity contribution is 5.63. The first kappa shape index (κ1) is 16.8. The molecule has 0 aromatic carbocycles. The maximum absolute atomic E-state index is 5.57. The molecule has 136 valence electrons. The lowest BCUT2D eigenvalue weighted by molar-refractivity contribution is 0.327. The molecule has 4 rings (SSSR count). The molecule has 0 radical (unpaired) electrons. The van der Waals surface area contributed by atoms with Gasteiger partial charge in [0.15, 0.2) is 0 Å². The van der Waals surface area contributed by atoms with Gasteiger partial charge in [0.05, 0.1) is 6.61 Å². The van der Waals surface area contributed by atoms with Crippen LogP contribution in [0.4, 0.5) is 23.3 Å². The Morgan fingerprint density at radius 2 is 1.93 bits per heavy atom. The van der Waals surface area contributed by atoms with Gasteiger partial charge in [-0.15, -0.1) is 0 Å². The highest BCUT2D eigenvalue weighted by atomic mass is 16.5. The number of nitrogens with one attached hydrogen (secondary N) is 2. The Morgan fingerprint density at radius 1 is 1.00 bits per heavy atom. The number of hydrogen-bond donors (Lipinski definition) is 2. The van der Waals surface area contributed by atoms with E-state index in [2.05, 4.69) is 30.6 Å². The molecular weight excluding hydrogens is 342 g/mol. The first-order valence-corrected chi connectivity index (χ1v) is 8.61. The van der Waals surface area contributed by atoms with Crippen LogP contribution in [-0.4, -0.2) is 30.9 Å². The Hall–Kier alpha value is -3.68. The minimum atomic E-state index is 0.404. The smallest absolute Gasteiger partial charge is 0.233 e. The van der Waals surface area contributed by atoms with Crippen LogP contribution >= 0.6 is 0 Å². The third kappa shape index (κ3) is 3.95. The van der Waals surface area contributed by atoms with Crippen LogP contribution in [0.3, 0.4) is 0 Å². The largest absolute Gasteiger partial charge is 0.478 e. The second-order valence-electron chi connectivity index (χ2n) is 5.93. The Bertz CT molecular complexity index is 1060. The summed E-state index contributed by atoms with van der Waals surface area (Å²) in [6, 6.07) is 9.50. The summed E-state index contributed by atoms with van der Waals surface area (Å²) in [5, 5.41) is 6.39. The van der Waals surface area contributed by atoms with Crippen LogP contribution in [0, 0.1) is 6.92 Å². The Morgan fingerprint density at radius 3 is 2.74 bits per heavy atom. The summed E-state index contributed by atoms with van der Waals surface area (Å²) < 4.78 is 7.51. The van der Waals surface area contributed by atoms with E-state index >= 15 is 0 Å². The van der Waals surface area contributed by atoms with Crippen molar-refractivity contribution < 1.29 is 4.74 Å². The fourth-order valence-electron chi connectivity index (χ4n) is 2.56. The molecule has 4 aromatic heterocycles. The van der Waals surface area contributed by atoms with Crippen molar-refractivity contribution in [3.63, 3.8) is 0 Å². The van der Waals surface area contributed by atoms with Gasteiger partial charge in [-0.2, -0.15) is 9.97 Å². The SMILES string of the molecule is CCOc1cc(Nc2ccn3ccnc3c2)nc(Nc2ccc(C)cn2)n1. The van der Waals surface area contributed by atoms with Crippen LogP contribution < -0.4 is 15.4 Å². The van der Waals surface area contributed by atoms with Gasteiger partial charge in [-0.05, 0) is 31.5 Å². The lowest BCUT2D eigenvalue weighted by Crippen LogP contribution is -2.05. The predicted octanol–water partition coefficient (Wildman–Crippen LogP) is 3.71. The monoisotopic (exact) mass is 361 g/mol. The molecule has 0 unspecified atom stereocenters. The third-order valence-electron chi connectivity index (χ3n) is 3.82. The number of ether oxygens (including phenoxy) is 1. The number of pyridine rings is 2. The van der Waals surface area contributed by atoms with Gasteiger partial charge in [0.25, 0.3) is 0 Å². The third-order valence-corrected chi connectivity index (χ3v) is 3.82. The number of aromatic nitrogens is 5. The fraction of sp³-hybridized carbons (Fsp3) is 0.158. The maximum Gasteiger partial charge on any atom is 0.233 e. The molecule has 0 amide bonds. The molecule has 0 saturated carbocycles. The minimum absolute atomic E-state index is 0.404. The molecule has 4 aromatic rings. The van der Waals surface area contributed by atoms with Crippen LogP contribution in [0.25, 0.3) is 5.65 Å². The van der Waals surface area contributed by atoms with E-state index in [-0.39, 0.29) is 0 Å². The van der Waals surface area contributed by atoms with E-state index in [0.29, 0.717) is 30.1 Å². The molecule has 0 aliphatic heterocycles. The zero-order chi connectivity index (χ0) is 18.6. The summed E-state index contributed by atoms with van der Waals surface area (Å²) in [5.41, 5.74) is 2.80. The standard InChI is InChI=1S/C19H19N7O/c1-3-27-18-11-16(22-14-6-8-26-9-7-20-17(26)10-14)24-19(25-18)23-15-5-4-13(2)12-21-15/h4-12H,3H2,1-2H3,(H2,21,22,23,24,25). The van der Waals surface area contributed by atoms with E-state index in [1.165, 1.54) is 0 Å². The van der Waals surface area contributed by atoms with Gasteiger partial charge in [0.2, 0.25) is 11.8 Å². The molecule has 0 fully saturated rings. The molecule has 0 aliphatic rings. The Labute approximate surface area is 156 Å². The lowest BCUT2D eigenvalue weighted by atomic mass is 10.3. The number of rotatable bonds is 6. The second kappa shape index (κ2) is 7.28. The van der Waals surface area contributed by atoms with Crippen molar-refractivity contribution in [2.45, 2.75) is 13.8 Å². The predicted molar refractivity (Wildman–Crippen MR) is 104 cm³/mol. The maximum atomic E-state index is 5.57. The van der Waals surface area contributed by atoms with Gasteiger partial charge in [-0.25, -0.2) is 9.97 Å². The summed E-state index contributed by atoms with van der Waals surface area (Å²) in [4.78, 5) is 17.5. The van der Waals surface area contributed by atoms with Crippen LogP contribution in [0.2, 0.25) is 0 Å². The number of imidazole rings is 1. The van der Waals surface area contributed by atoms with Crippen LogP contribution in [-0.2, 0) is 0 Å². The van der Waals surface area contributed by atoms with Crippen molar-refractivity contribution in [2.24, 2.45) is 0 Å². The normalized spacial score (nSPS) is 10.7. The zero-order valence-electron chi connectivity index (χ0n) is 15.0. The van der Waals surface area contributed by atoms with Crippen LogP contribution in [0.5, 0.6) is 5.88 Å². The topological polar surface area (TPSA) is 89.3 Å². The van der Waals surface area contributed by atoms with E-state index in [0.717, 1.165) is 16.9 Å². The average molecular weight is 361 g/mol. The van der Waals surface area contributed by atoms with Gasteiger partial charge in [-0.1, -0.05) is 6.07 Å². The highest BCUT2D eigenvalue weighted by Crippen LogP contribution is 2.22. The van der Waals surface area contributed by atoms with Gasteiger partial charge in [0.1, 0.15) is 17.3 Å². The van der Waals surface area contributed by atoms with Crippen molar-refractivity contribution in [3.05, 3.63) is 60.7 Å². The molecule has 4 heterocycles. The quantitative estimate of drug-likeness (QED) is 0.541. The highest BCUT2D eigenvalue weighted by Gasteiger charge is 2.08. The van der Waals surface area contributed by atoms with Crippen LogP contribution in [0.15, 0.2) is 55.1 Å². The van der Waals surface area contributed by atoms with Crippen molar-refractivity contribution in [3.8, 4) is 5.88 Å². The number of anilines is 4. The number of fused-ring (bicyclic) bond motifs is 1.